The Morgan fingerprint density at radius 1 is 1.62 bits per heavy atom. The van der Waals surface area contributed by atoms with Crippen molar-refractivity contribution in [3.63, 3.8) is 0 Å². The Balaban J connectivity index is 0.00000225. The zero-order valence-electron chi connectivity index (χ0n) is 9.95. The molecular weight excluding hydrogens is 224 g/mol. The largest absolute Gasteiger partial charge is 0.353 e. The van der Waals surface area contributed by atoms with Gasteiger partial charge < -0.3 is 11.1 Å². The smallest absolute Gasteiger partial charge is 0.223 e. The molecule has 1 fully saturated rings. The Bertz CT molecular complexity index is 233. The van der Waals surface area contributed by atoms with E-state index in [4.69, 9.17) is 5.73 Å². The van der Waals surface area contributed by atoms with Crippen molar-refractivity contribution < 1.29 is 4.79 Å². The number of hydrogen-bond donors (Lipinski definition) is 2. The van der Waals surface area contributed by atoms with Crippen molar-refractivity contribution in [3.05, 3.63) is 12.7 Å². The fraction of sp³-hybridized carbons (Fsp3) is 0.750. The highest BCUT2D eigenvalue weighted by Gasteiger charge is 2.25. The van der Waals surface area contributed by atoms with Crippen LogP contribution in [0, 0.1) is 5.92 Å². The summed E-state index contributed by atoms with van der Waals surface area (Å²) in [5, 5.41) is 3.01. The minimum atomic E-state index is 0. The van der Waals surface area contributed by atoms with Gasteiger partial charge in [0, 0.05) is 18.0 Å². The summed E-state index contributed by atoms with van der Waals surface area (Å²) in [7, 11) is 0. The fourth-order valence-electron chi connectivity index (χ4n) is 2.14. The Kier molecular flexibility index (Phi) is 7.43. The van der Waals surface area contributed by atoms with Gasteiger partial charge in [-0.15, -0.1) is 19.0 Å². The number of nitrogens with two attached hydrogens (primary N) is 1. The van der Waals surface area contributed by atoms with Gasteiger partial charge >= 0.3 is 0 Å². The van der Waals surface area contributed by atoms with E-state index >= 15 is 0 Å². The number of halogens is 1. The molecular formula is C12H23ClN2O. The molecule has 3 N–H and O–H groups in total. The Hall–Kier alpha value is -0.540. The molecule has 1 aliphatic carbocycles. The third-order valence-corrected chi connectivity index (χ3v) is 2.99. The van der Waals surface area contributed by atoms with Crippen molar-refractivity contribution in [3.8, 4) is 0 Å². The van der Waals surface area contributed by atoms with Crippen molar-refractivity contribution in [2.45, 2.75) is 51.1 Å². The standard InChI is InChI=1S/C12H22N2O.ClH/c1-3-5-9(2)14-12(15)10-6-4-7-11(13)8-10;/h3,9-11H,1,4-8,13H2,2H3,(H,14,15);1H. The van der Waals surface area contributed by atoms with Crippen molar-refractivity contribution in [1.82, 2.24) is 5.32 Å². The summed E-state index contributed by atoms with van der Waals surface area (Å²) in [6.45, 7) is 5.66. The Morgan fingerprint density at radius 3 is 2.88 bits per heavy atom. The lowest BCUT2D eigenvalue weighted by atomic mass is 9.85. The van der Waals surface area contributed by atoms with Crippen LogP contribution in [0.25, 0.3) is 0 Å². The molecule has 1 amide bonds. The third-order valence-electron chi connectivity index (χ3n) is 2.99. The molecule has 1 aliphatic rings. The zero-order valence-corrected chi connectivity index (χ0v) is 10.8. The summed E-state index contributed by atoms with van der Waals surface area (Å²) in [6.07, 6.45) is 6.62. The second kappa shape index (κ2) is 7.69. The quantitative estimate of drug-likeness (QED) is 0.746. The molecule has 3 atom stereocenters. The highest BCUT2D eigenvalue weighted by atomic mass is 35.5. The molecule has 1 rings (SSSR count). The third kappa shape index (κ3) is 4.99. The molecule has 0 aromatic carbocycles. The van der Waals surface area contributed by atoms with Gasteiger partial charge in [-0.3, -0.25) is 4.79 Å². The summed E-state index contributed by atoms with van der Waals surface area (Å²) in [6, 6.07) is 0.400. The molecule has 0 aliphatic heterocycles. The van der Waals surface area contributed by atoms with Crippen LogP contribution in [0.4, 0.5) is 0 Å². The molecule has 0 saturated heterocycles. The van der Waals surface area contributed by atoms with Gasteiger partial charge in [-0.05, 0) is 32.6 Å². The van der Waals surface area contributed by atoms with Crippen LogP contribution in [0.15, 0.2) is 12.7 Å². The van der Waals surface area contributed by atoms with E-state index in [-0.39, 0.29) is 36.3 Å². The number of amides is 1. The van der Waals surface area contributed by atoms with Crippen molar-refractivity contribution in [2.24, 2.45) is 11.7 Å². The average molecular weight is 247 g/mol. The van der Waals surface area contributed by atoms with Gasteiger partial charge in [0.05, 0.1) is 0 Å². The summed E-state index contributed by atoms with van der Waals surface area (Å²) in [5.74, 6) is 0.292. The van der Waals surface area contributed by atoms with E-state index < -0.39 is 0 Å². The van der Waals surface area contributed by atoms with E-state index in [9.17, 15) is 4.79 Å². The molecule has 3 nitrogen and oxygen atoms in total. The lowest BCUT2D eigenvalue weighted by Crippen LogP contribution is -2.41. The van der Waals surface area contributed by atoms with Crippen molar-refractivity contribution >= 4 is 18.3 Å². The van der Waals surface area contributed by atoms with E-state index in [1.54, 1.807) is 0 Å². The van der Waals surface area contributed by atoms with Crippen LogP contribution in [0.3, 0.4) is 0 Å². The van der Waals surface area contributed by atoms with Crippen molar-refractivity contribution in [2.75, 3.05) is 0 Å². The molecule has 1 saturated carbocycles. The molecule has 4 heteroatoms. The van der Waals surface area contributed by atoms with Gasteiger partial charge in [-0.25, -0.2) is 0 Å². The van der Waals surface area contributed by atoms with Gasteiger partial charge in [0.1, 0.15) is 0 Å². The SMILES string of the molecule is C=CCC(C)NC(=O)C1CCCC(N)C1.Cl. The molecule has 0 aromatic rings. The van der Waals surface area contributed by atoms with E-state index in [1.807, 2.05) is 13.0 Å². The summed E-state index contributed by atoms with van der Waals surface area (Å²) >= 11 is 0. The summed E-state index contributed by atoms with van der Waals surface area (Å²) in [5.41, 5.74) is 5.86. The number of carbonyl (C=O) groups is 1. The van der Waals surface area contributed by atoms with Gasteiger partial charge in [-0.1, -0.05) is 12.5 Å². The van der Waals surface area contributed by atoms with Gasteiger partial charge in [0.15, 0.2) is 0 Å². The van der Waals surface area contributed by atoms with Crippen LogP contribution in [0.5, 0.6) is 0 Å². The van der Waals surface area contributed by atoms with E-state index in [1.165, 1.54) is 0 Å². The predicted octanol–water partition coefficient (Wildman–Crippen LogP) is 2.01. The van der Waals surface area contributed by atoms with E-state index in [0.717, 1.165) is 32.1 Å². The maximum Gasteiger partial charge on any atom is 0.223 e. The second-order valence-corrected chi connectivity index (χ2v) is 4.56. The fourth-order valence-corrected chi connectivity index (χ4v) is 2.14. The van der Waals surface area contributed by atoms with E-state index in [2.05, 4.69) is 11.9 Å². The molecule has 3 unspecified atom stereocenters. The minimum absolute atomic E-state index is 0. The molecule has 0 aromatic heterocycles. The lowest BCUT2D eigenvalue weighted by Gasteiger charge is -2.26. The second-order valence-electron chi connectivity index (χ2n) is 4.56. The normalized spacial score (nSPS) is 26.4. The van der Waals surface area contributed by atoms with Crippen LogP contribution < -0.4 is 11.1 Å². The van der Waals surface area contributed by atoms with E-state index in [0.29, 0.717) is 0 Å². The number of nitrogens with one attached hydrogen (secondary N) is 1. The maximum atomic E-state index is 11.8. The van der Waals surface area contributed by atoms with Crippen LogP contribution in [-0.4, -0.2) is 18.0 Å². The highest BCUT2D eigenvalue weighted by molar-refractivity contribution is 5.85. The molecule has 0 radical (unpaired) electrons. The monoisotopic (exact) mass is 246 g/mol. The summed E-state index contributed by atoms with van der Waals surface area (Å²) < 4.78 is 0. The van der Waals surface area contributed by atoms with Crippen LogP contribution >= 0.6 is 12.4 Å². The van der Waals surface area contributed by atoms with Crippen molar-refractivity contribution in [1.29, 1.82) is 0 Å². The first-order valence-electron chi connectivity index (χ1n) is 5.80. The van der Waals surface area contributed by atoms with Gasteiger partial charge in [0.2, 0.25) is 5.91 Å². The first-order chi connectivity index (χ1) is 7.13. The van der Waals surface area contributed by atoms with Gasteiger partial charge in [-0.2, -0.15) is 0 Å². The topological polar surface area (TPSA) is 55.1 Å². The van der Waals surface area contributed by atoms with Crippen LogP contribution in [0.1, 0.15) is 39.0 Å². The number of rotatable bonds is 4. The maximum absolute atomic E-state index is 11.8. The molecule has 16 heavy (non-hydrogen) atoms. The van der Waals surface area contributed by atoms with Crippen LogP contribution in [0.2, 0.25) is 0 Å². The number of carbonyl (C=O) groups excluding carboxylic acids is 1. The Labute approximate surface area is 104 Å². The first kappa shape index (κ1) is 15.5. The predicted molar refractivity (Wildman–Crippen MR) is 69.6 cm³/mol. The molecule has 94 valence electrons. The highest BCUT2D eigenvalue weighted by Crippen LogP contribution is 2.23. The lowest BCUT2D eigenvalue weighted by molar-refractivity contribution is -0.126. The summed E-state index contributed by atoms with van der Waals surface area (Å²) in [4.78, 5) is 11.8. The first-order valence-corrected chi connectivity index (χ1v) is 5.80. The molecule has 0 bridgehead atoms. The average Bonchev–Trinajstić information content (AvgIpc) is 2.18. The zero-order chi connectivity index (χ0) is 11.3. The minimum Gasteiger partial charge on any atom is -0.353 e. The molecule has 0 spiro atoms. The molecule has 0 heterocycles. The van der Waals surface area contributed by atoms with Gasteiger partial charge in [0.25, 0.3) is 0 Å². The Morgan fingerprint density at radius 2 is 2.31 bits per heavy atom. The number of hydrogen-bond acceptors (Lipinski definition) is 2. The van der Waals surface area contributed by atoms with Crippen LogP contribution in [-0.2, 0) is 4.79 Å².